The highest BCUT2D eigenvalue weighted by molar-refractivity contribution is 9.10. The molecule has 0 spiro atoms. The maximum Gasteiger partial charge on any atom is 0.264 e. The number of fused-ring (bicyclic) bond motifs is 1. The van der Waals surface area contributed by atoms with Gasteiger partial charge in [-0.15, -0.1) is 0 Å². The summed E-state index contributed by atoms with van der Waals surface area (Å²) < 4.78 is 55.6. The van der Waals surface area contributed by atoms with E-state index in [4.69, 9.17) is 9.47 Å². The molecule has 0 fully saturated rings. The quantitative estimate of drug-likeness (QED) is 0.157. The van der Waals surface area contributed by atoms with E-state index in [2.05, 4.69) is 21.2 Å². The van der Waals surface area contributed by atoms with Crippen LogP contribution in [0.2, 0.25) is 0 Å². The lowest BCUT2D eigenvalue weighted by molar-refractivity contribution is -0.140. The summed E-state index contributed by atoms with van der Waals surface area (Å²) in [6, 6.07) is 24.8. The van der Waals surface area contributed by atoms with E-state index in [1.165, 1.54) is 35.2 Å². The SMILES string of the molecule is CCCCNC(=O)[C@@H](Cc1ccccc1)N(Cc1cccc(Br)c1)C(=O)CN(c1ccc(F)cc1)S(=O)(=O)c1ccc2c(c1)OCCO2. The number of unbranched alkanes of at least 4 members (excludes halogenated alkanes) is 1. The maximum atomic E-state index is 14.6. The molecule has 0 radical (unpaired) electrons. The van der Waals surface area contributed by atoms with Gasteiger partial charge in [-0.25, -0.2) is 12.8 Å². The van der Waals surface area contributed by atoms with Crippen molar-refractivity contribution in [1.82, 2.24) is 10.2 Å². The highest BCUT2D eigenvalue weighted by atomic mass is 79.9. The number of nitrogens with one attached hydrogen (secondary N) is 1. The van der Waals surface area contributed by atoms with Gasteiger partial charge in [0.05, 0.1) is 10.6 Å². The zero-order valence-corrected chi connectivity index (χ0v) is 28.9. The standard InChI is InChI=1S/C36H37BrFN3O6S/c1-2-3-18-39-36(43)32(22-26-8-5-4-6-9-26)40(24-27-10-7-11-28(37)21-27)35(42)25-41(30-14-12-29(38)13-15-30)48(44,45)31-16-17-33-34(23-31)47-20-19-46-33/h4-17,21,23,32H,2-3,18-20,22,24-25H2,1H3,(H,39,43)/t32-/m1/s1. The fraction of sp³-hybridized carbons (Fsp3) is 0.278. The second-order valence-corrected chi connectivity index (χ2v) is 14.1. The molecule has 0 saturated carbocycles. The predicted octanol–water partition coefficient (Wildman–Crippen LogP) is 6.11. The first-order chi connectivity index (χ1) is 23.2. The number of ether oxygens (including phenoxy) is 2. The van der Waals surface area contributed by atoms with E-state index in [-0.39, 0.29) is 41.8 Å². The molecule has 4 aromatic carbocycles. The number of benzene rings is 4. The fourth-order valence-corrected chi connectivity index (χ4v) is 7.22. The van der Waals surface area contributed by atoms with Crippen LogP contribution in [0.1, 0.15) is 30.9 Å². The van der Waals surface area contributed by atoms with Gasteiger partial charge >= 0.3 is 0 Å². The summed E-state index contributed by atoms with van der Waals surface area (Å²) in [6.45, 7) is 2.40. The number of anilines is 1. The minimum absolute atomic E-state index is 0.0261. The fourth-order valence-electron chi connectivity index (χ4n) is 5.34. The van der Waals surface area contributed by atoms with Crippen molar-refractivity contribution >= 4 is 43.5 Å². The van der Waals surface area contributed by atoms with Crippen molar-refractivity contribution in [2.45, 2.75) is 43.7 Å². The second-order valence-electron chi connectivity index (χ2n) is 11.3. The number of hydrogen-bond acceptors (Lipinski definition) is 6. The van der Waals surface area contributed by atoms with E-state index in [0.717, 1.165) is 44.9 Å². The molecule has 9 nitrogen and oxygen atoms in total. The summed E-state index contributed by atoms with van der Waals surface area (Å²) in [4.78, 5) is 29.7. The molecule has 0 unspecified atom stereocenters. The molecule has 1 aliphatic rings. The Balaban J connectivity index is 1.56. The Labute approximate surface area is 288 Å². The molecular formula is C36H37BrFN3O6S. The molecule has 48 heavy (non-hydrogen) atoms. The lowest BCUT2D eigenvalue weighted by Gasteiger charge is -2.34. The third-order valence-corrected chi connectivity index (χ3v) is 10.1. The van der Waals surface area contributed by atoms with Gasteiger partial charge in [-0.3, -0.25) is 13.9 Å². The first-order valence-electron chi connectivity index (χ1n) is 15.7. The lowest BCUT2D eigenvalue weighted by Crippen LogP contribution is -2.53. The van der Waals surface area contributed by atoms with Gasteiger partial charge in [0.25, 0.3) is 10.0 Å². The van der Waals surface area contributed by atoms with Crippen LogP contribution in [-0.4, -0.2) is 57.5 Å². The summed E-state index contributed by atoms with van der Waals surface area (Å²) in [5.74, 6) is -0.867. The Morgan fingerprint density at radius 2 is 1.60 bits per heavy atom. The zero-order chi connectivity index (χ0) is 34.1. The van der Waals surface area contributed by atoms with Gasteiger partial charge in [0, 0.05) is 30.0 Å². The van der Waals surface area contributed by atoms with Crippen molar-refractivity contribution in [3.63, 3.8) is 0 Å². The maximum absolute atomic E-state index is 14.6. The van der Waals surface area contributed by atoms with E-state index in [9.17, 15) is 22.4 Å². The topological polar surface area (TPSA) is 105 Å². The molecule has 1 N–H and O–H groups in total. The summed E-state index contributed by atoms with van der Waals surface area (Å²) in [7, 11) is -4.41. The van der Waals surface area contributed by atoms with Crippen LogP contribution in [-0.2, 0) is 32.6 Å². The molecule has 12 heteroatoms. The first-order valence-corrected chi connectivity index (χ1v) is 17.9. The van der Waals surface area contributed by atoms with Crippen molar-refractivity contribution in [3.05, 3.63) is 118 Å². The van der Waals surface area contributed by atoms with Gasteiger partial charge in [-0.1, -0.05) is 71.7 Å². The summed E-state index contributed by atoms with van der Waals surface area (Å²) in [5.41, 5.74) is 1.65. The molecule has 4 aromatic rings. The third-order valence-electron chi connectivity index (χ3n) is 7.84. The smallest absolute Gasteiger partial charge is 0.264 e. The number of carbonyl (C=O) groups is 2. The molecule has 0 aliphatic carbocycles. The lowest BCUT2D eigenvalue weighted by atomic mass is 10.0. The number of rotatable bonds is 14. The number of amides is 2. The molecule has 5 rings (SSSR count). The van der Waals surface area contributed by atoms with E-state index >= 15 is 0 Å². The van der Waals surface area contributed by atoms with Crippen molar-refractivity contribution in [3.8, 4) is 11.5 Å². The monoisotopic (exact) mass is 737 g/mol. The average molecular weight is 739 g/mol. The molecule has 0 saturated heterocycles. The normalized spacial score (nSPS) is 13.0. The van der Waals surface area contributed by atoms with Crippen LogP contribution in [0.15, 0.2) is 106 Å². The second kappa shape index (κ2) is 16.1. The van der Waals surface area contributed by atoms with Gasteiger partial charge in [0.15, 0.2) is 11.5 Å². The van der Waals surface area contributed by atoms with Crippen LogP contribution < -0.4 is 19.1 Å². The van der Waals surface area contributed by atoms with Gasteiger partial charge in [-0.05, 0) is 66.1 Å². The highest BCUT2D eigenvalue weighted by Gasteiger charge is 2.35. The van der Waals surface area contributed by atoms with Gasteiger partial charge < -0.3 is 19.7 Å². The van der Waals surface area contributed by atoms with E-state index in [0.29, 0.717) is 18.9 Å². The Kier molecular flexibility index (Phi) is 11.7. The molecule has 0 aromatic heterocycles. The van der Waals surface area contributed by atoms with Crippen LogP contribution in [0.3, 0.4) is 0 Å². The summed E-state index contributed by atoms with van der Waals surface area (Å²) in [6.07, 6.45) is 1.83. The molecule has 0 bridgehead atoms. The Morgan fingerprint density at radius 1 is 0.896 bits per heavy atom. The Hall–Kier alpha value is -4.42. The first kappa shape index (κ1) is 34.9. The Morgan fingerprint density at radius 3 is 2.31 bits per heavy atom. The molecule has 1 aliphatic heterocycles. The van der Waals surface area contributed by atoms with Crippen LogP contribution in [0.4, 0.5) is 10.1 Å². The van der Waals surface area contributed by atoms with Crippen LogP contribution in [0, 0.1) is 5.82 Å². The molecular weight excluding hydrogens is 701 g/mol. The minimum Gasteiger partial charge on any atom is -0.486 e. The molecule has 2 amide bonds. The predicted molar refractivity (Wildman–Crippen MR) is 185 cm³/mol. The van der Waals surface area contributed by atoms with Crippen LogP contribution in [0.5, 0.6) is 11.5 Å². The number of carbonyl (C=O) groups excluding carboxylic acids is 2. The average Bonchev–Trinajstić information content (AvgIpc) is 3.09. The van der Waals surface area contributed by atoms with Crippen LogP contribution >= 0.6 is 15.9 Å². The summed E-state index contributed by atoms with van der Waals surface area (Å²) in [5, 5.41) is 2.97. The third kappa shape index (κ3) is 8.73. The van der Waals surface area contributed by atoms with Crippen molar-refractivity contribution < 1.29 is 31.9 Å². The van der Waals surface area contributed by atoms with Crippen molar-refractivity contribution in [2.75, 3.05) is 30.6 Å². The van der Waals surface area contributed by atoms with Gasteiger partial charge in [0.2, 0.25) is 11.8 Å². The van der Waals surface area contributed by atoms with E-state index < -0.39 is 34.3 Å². The van der Waals surface area contributed by atoms with Crippen LogP contribution in [0.25, 0.3) is 0 Å². The van der Waals surface area contributed by atoms with Crippen molar-refractivity contribution in [1.29, 1.82) is 0 Å². The number of nitrogens with zero attached hydrogens (tertiary/aromatic N) is 2. The van der Waals surface area contributed by atoms with E-state index in [1.807, 2.05) is 61.5 Å². The minimum atomic E-state index is -4.41. The van der Waals surface area contributed by atoms with Crippen molar-refractivity contribution in [2.24, 2.45) is 0 Å². The molecule has 1 heterocycles. The largest absolute Gasteiger partial charge is 0.486 e. The molecule has 252 valence electrons. The highest BCUT2D eigenvalue weighted by Crippen LogP contribution is 2.34. The zero-order valence-electron chi connectivity index (χ0n) is 26.5. The van der Waals surface area contributed by atoms with Gasteiger partial charge in [-0.2, -0.15) is 0 Å². The summed E-state index contributed by atoms with van der Waals surface area (Å²) >= 11 is 3.49. The number of hydrogen-bond donors (Lipinski definition) is 1. The number of halogens is 2. The molecule has 1 atom stereocenters. The Bertz CT molecular complexity index is 1830. The number of sulfonamides is 1. The van der Waals surface area contributed by atoms with Gasteiger partial charge in [0.1, 0.15) is 31.6 Å². The van der Waals surface area contributed by atoms with E-state index in [1.54, 1.807) is 0 Å².